The van der Waals surface area contributed by atoms with E-state index in [2.05, 4.69) is 15.6 Å². The number of hydrogen-bond donors (Lipinski definition) is 2. The average Bonchev–Trinajstić information content (AvgIpc) is 3.05. The molecule has 1 aliphatic heterocycles. The summed E-state index contributed by atoms with van der Waals surface area (Å²) in [6.07, 6.45) is 0.798. The Morgan fingerprint density at radius 3 is 2.64 bits per heavy atom. The molecule has 2 atom stereocenters. The molecule has 0 fully saturated rings. The molecule has 6 heteroatoms. The molecular formula is C16H21N3O2S. The number of nitrogens with one attached hydrogen (secondary N) is 2. The van der Waals surface area contributed by atoms with Crippen LogP contribution in [0.5, 0.6) is 0 Å². The lowest BCUT2D eigenvalue weighted by atomic mass is 9.98. The van der Waals surface area contributed by atoms with Gasteiger partial charge in [-0.2, -0.15) is 0 Å². The van der Waals surface area contributed by atoms with Gasteiger partial charge in [-0.25, -0.2) is 0 Å². The van der Waals surface area contributed by atoms with Crippen molar-refractivity contribution in [3.05, 3.63) is 35.9 Å². The van der Waals surface area contributed by atoms with Crippen LogP contribution in [0.3, 0.4) is 0 Å². The van der Waals surface area contributed by atoms with Gasteiger partial charge < -0.3 is 10.6 Å². The van der Waals surface area contributed by atoms with Gasteiger partial charge in [0.2, 0.25) is 5.91 Å². The fraction of sp³-hybridized carbons (Fsp3) is 0.438. The zero-order valence-electron chi connectivity index (χ0n) is 12.8. The van der Waals surface area contributed by atoms with E-state index in [-0.39, 0.29) is 17.7 Å². The maximum Gasteiger partial charge on any atom is 0.251 e. The molecule has 1 aromatic carbocycles. The van der Waals surface area contributed by atoms with Crippen molar-refractivity contribution in [1.29, 1.82) is 0 Å². The van der Waals surface area contributed by atoms with Crippen LogP contribution in [0.15, 0.2) is 35.3 Å². The minimum absolute atomic E-state index is 0.0414. The number of benzene rings is 1. The molecule has 1 heterocycles. The number of hydrogen-bond acceptors (Lipinski definition) is 4. The van der Waals surface area contributed by atoms with Crippen LogP contribution >= 0.6 is 11.8 Å². The lowest BCUT2D eigenvalue weighted by molar-refractivity contribution is -0.122. The molecule has 2 N–H and O–H groups in total. The fourth-order valence-electron chi connectivity index (χ4n) is 2.11. The molecule has 2 rings (SSSR count). The number of amides is 2. The Hall–Kier alpha value is -1.82. The average molecular weight is 319 g/mol. The number of rotatable bonds is 5. The molecule has 0 aromatic heterocycles. The maximum atomic E-state index is 12.4. The minimum Gasteiger partial charge on any atom is -0.340 e. The molecule has 0 saturated heterocycles. The molecular weight excluding hydrogens is 298 g/mol. The number of nitrogens with zero attached hydrogens (tertiary/aromatic N) is 1. The van der Waals surface area contributed by atoms with E-state index in [1.165, 1.54) is 11.8 Å². The van der Waals surface area contributed by atoms with Crippen LogP contribution in [0, 0.1) is 5.92 Å². The second-order valence-corrected chi connectivity index (χ2v) is 6.31. The molecule has 1 aromatic rings. The van der Waals surface area contributed by atoms with Crippen molar-refractivity contribution in [2.24, 2.45) is 10.9 Å². The second kappa shape index (κ2) is 7.98. The van der Waals surface area contributed by atoms with Crippen molar-refractivity contribution in [3.63, 3.8) is 0 Å². The Morgan fingerprint density at radius 2 is 2.05 bits per heavy atom. The molecule has 0 radical (unpaired) electrons. The summed E-state index contributed by atoms with van der Waals surface area (Å²) in [6.45, 7) is 4.69. The summed E-state index contributed by atoms with van der Waals surface area (Å²) in [5.41, 5.74) is 0.552. The Balaban J connectivity index is 2.05. The SMILES string of the molecule is CCC(C)C(NC(=O)c1ccccc1)C(=O)NC1=NCCS1. The van der Waals surface area contributed by atoms with E-state index < -0.39 is 6.04 Å². The van der Waals surface area contributed by atoms with Gasteiger partial charge in [0.05, 0.1) is 6.54 Å². The van der Waals surface area contributed by atoms with Crippen LogP contribution in [0.2, 0.25) is 0 Å². The van der Waals surface area contributed by atoms with Crippen LogP contribution in [0.25, 0.3) is 0 Å². The zero-order valence-corrected chi connectivity index (χ0v) is 13.7. The molecule has 1 aliphatic rings. The van der Waals surface area contributed by atoms with Gasteiger partial charge in [-0.3, -0.25) is 14.6 Å². The number of carbonyl (C=O) groups excluding carboxylic acids is 2. The fourth-order valence-corrected chi connectivity index (χ4v) is 2.84. The molecule has 5 nitrogen and oxygen atoms in total. The topological polar surface area (TPSA) is 70.6 Å². The quantitative estimate of drug-likeness (QED) is 0.872. The molecule has 0 aliphatic carbocycles. The summed E-state index contributed by atoms with van der Waals surface area (Å²) in [6, 6.07) is 8.36. The normalized spacial score (nSPS) is 16.5. The molecule has 0 saturated carbocycles. The van der Waals surface area contributed by atoms with E-state index in [1.807, 2.05) is 19.9 Å². The maximum absolute atomic E-state index is 12.4. The Bertz CT molecular complexity index is 560. The molecule has 0 spiro atoms. The van der Waals surface area contributed by atoms with Crippen molar-refractivity contribution in [2.45, 2.75) is 26.3 Å². The van der Waals surface area contributed by atoms with E-state index in [0.29, 0.717) is 10.7 Å². The number of carbonyl (C=O) groups is 2. The molecule has 2 amide bonds. The van der Waals surface area contributed by atoms with Crippen molar-refractivity contribution in [3.8, 4) is 0 Å². The first-order valence-corrected chi connectivity index (χ1v) is 8.44. The van der Waals surface area contributed by atoms with Gasteiger partial charge in [-0.15, -0.1) is 0 Å². The van der Waals surface area contributed by atoms with Gasteiger partial charge in [-0.05, 0) is 18.1 Å². The summed E-state index contributed by atoms with van der Waals surface area (Å²) in [4.78, 5) is 29.0. The first-order valence-electron chi connectivity index (χ1n) is 7.45. The molecule has 118 valence electrons. The molecule has 22 heavy (non-hydrogen) atoms. The molecule has 0 bridgehead atoms. The van der Waals surface area contributed by atoms with E-state index in [1.54, 1.807) is 24.3 Å². The monoisotopic (exact) mass is 319 g/mol. The highest BCUT2D eigenvalue weighted by Crippen LogP contribution is 2.13. The standard InChI is InChI=1S/C16H21N3O2S/c1-3-11(2)13(15(21)19-16-17-9-10-22-16)18-14(20)12-7-5-4-6-8-12/h4-8,11,13H,3,9-10H2,1-2H3,(H,18,20)(H,17,19,21). The van der Waals surface area contributed by atoms with Crippen molar-refractivity contribution >= 4 is 28.7 Å². The van der Waals surface area contributed by atoms with Crippen molar-refractivity contribution in [2.75, 3.05) is 12.3 Å². The third-order valence-electron chi connectivity index (χ3n) is 3.63. The predicted octanol–water partition coefficient (Wildman–Crippen LogP) is 2.05. The first kappa shape index (κ1) is 16.5. The largest absolute Gasteiger partial charge is 0.340 e. The summed E-state index contributed by atoms with van der Waals surface area (Å²) in [5, 5.41) is 6.30. The summed E-state index contributed by atoms with van der Waals surface area (Å²) in [7, 11) is 0. The molecule has 2 unspecified atom stereocenters. The lowest BCUT2D eigenvalue weighted by Gasteiger charge is -2.23. The number of amidine groups is 1. The third-order valence-corrected chi connectivity index (χ3v) is 4.52. The van der Waals surface area contributed by atoms with Gasteiger partial charge in [-0.1, -0.05) is 50.2 Å². The van der Waals surface area contributed by atoms with Gasteiger partial charge in [0, 0.05) is 11.3 Å². The first-order chi connectivity index (χ1) is 10.6. The van der Waals surface area contributed by atoms with Crippen LogP contribution in [0.4, 0.5) is 0 Å². The zero-order chi connectivity index (χ0) is 15.9. The Labute approximate surface area is 135 Å². The van der Waals surface area contributed by atoms with Crippen LogP contribution < -0.4 is 10.6 Å². The van der Waals surface area contributed by atoms with Crippen LogP contribution in [-0.4, -0.2) is 35.3 Å². The van der Waals surface area contributed by atoms with Gasteiger partial charge in [0.15, 0.2) is 5.17 Å². The predicted molar refractivity (Wildman–Crippen MR) is 90.1 cm³/mol. The summed E-state index contributed by atoms with van der Waals surface area (Å²) in [5.74, 6) is 0.494. The van der Waals surface area contributed by atoms with Gasteiger partial charge in [0.25, 0.3) is 5.91 Å². The highest BCUT2D eigenvalue weighted by Gasteiger charge is 2.27. The second-order valence-electron chi connectivity index (χ2n) is 5.23. The van der Waals surface area contributed by atoms with E-state index in [0.717, 1.165) is 18.7 Å². The van der Waals surface area contributed by atoms with Gasteiger partial charge >= 0.3 is 0 Å². The Morgan fingerprint density at radius 1 is 1.32 bits per heavy atom. The van der Waals surface area contributed by atoms with Gasteiger partial charge in [0.1, 0.15) is 6.04 Å². The minimum atomic E-state index is -0.568. The van der Waals surface area contributed by atoms with Crippen molar-refractivity contribution in [1.82, 2.24) is 10.6 Å². The third kappa shape index (κ3) is 4.34. The Kier molecular flexibility index (Phi) is 6.00. The highest BCUT2D eigenvalue weighted by molar-refractivity contribution is 8.14. The van der Waals surface area contributed by atoms with Crippen molar-refractivity contribution < 1.29 is 9.59 Å². The summed E-state index contributed by atoms with van der Waals surface area (Å²) < 4.78 is 0. The van der Waals surface area contributed by atoms with Crippen LogP contribution in [-0.2, 0) is 4.79 Å². The summed E-state index contributed by atoms with van der Waals surface area (Å²) >= 11 is 1.53. The number of thioether (sulfide) groups is 1. The lowest BCUT2D eigenvalue weighted by Crippen LogP contribution is -2.51. The highest BCUT2D eigenvalue weighted by atomic mass is 32.2. The van der Waals surface area contributed by atoms with E-state index in [4.69, 9.17) is 0 Å². The van der Waals surface area contributed by atoms with E-state index >= 15 is 0 Å². The number of aliphatic imine (C=N–C) groups is 1. The van der Waals surface area contributed by atoms with E-state index in [9.17, 15) is 9.59 Å². The smallest absolute Gasteiger partial charge is 0.251 e. The van der Waals surface area contributed by atoms with Crippen LogP contribution in [0.1, 0.15) is 30.6 Å².